The second-order valence-corrected chi connectivity index (χ2v) is 6.59. The smallest absolute Gasteiger partial charge is 0.341 e. The fraction of sp³-hybridized carbons (Fsp3) is 0.588. The Kier molecular flexibility index (Phi) is 4.59. The molecule has 2 saturated heterocycles. The third kappa shape index (κ3) is 3.02. The monoisotopic (exact) mass is 333 g/mol. The summed E-state index contributed by atoms with van der Waals surface area (Å²) >= 11 is 0. The fourth-order valence-electron chi connectivity index (χ4n) is 3.63. The number of carboxylic acid groups (broad SMARTS) is 1. The molecule has 24 heavy (non-hydrogen) atoms. The van der Waals surface area contributed by atoms with Crippen LogP contribution in [0.15, 0.2) is 17.1 Å². The van der Waals surface area contributed by atoms with Crippen molar-refractivity contribution in [3.63, 3.8) is 0 Å². The van der Waals surface area contributed by atoms with Gasteiger partial charge in [-0.25, -0.2) is 9.59 Å². The highest BCUT2D eigenvalue weighted by atomic mass is 16.4. The molecule has 1 aromatic rings. The van der Waals surface area contributed by atoms with E-state index < -0.39 is 11.5 Å². The van der Waals surface area contributed by atoms with Crippen LogP contribution in [-0.2, 0) is 0 Å². The summed E-state index contributed by atoms with van der Waals surface area (Å²) in [7, 11) is 0. The van der Waals surface area contributed by atoms with Crippen molar-refractivity contribution >= 4 is 12.0 Å². The molecule has 3 heterocycles. The third-order valence-corrected chi connectivity index (χ3v) is 5.05. The molecule has 0 saturated carbocycles. The van der Waals surface area contributed by atoms with Gasteiger partial charge < -0.3 is 19.5 Å². The first-order chi connectivity index (χ1) is 11.5. The van der Waals surface area contributed by atoms with Gasteiger partial charge in [0.05, 0.1) is 0 Å². The van der Waals surface area contributed by atoms with Gasteiger partial charge in [-0.3, -0.25) is 4.79 Å². The first-order valence-electron chi connectivity index (χ1n) is 8.48. The van der Waals surface area contributed by atoms with Gasteiger partial charge in [0, 0.05) is 38.4 Å². The Morgan fingerprint density at radius 1 is 1.08 bits per heavy atom. The Morgan fingerprint density at radius 2 is 1.67 bits per heavy atom. The van der Waals surface area contributed by atoms with Crippen molar-refractivity contribution in [3.8, 4) is 0 Å². The zero-order chi connectivity index (χ0) is 17.3. The lowest BCUT2D eigenvalue weighted by Gasteiger charge is -2.35. The molecule has 7 nitrogen and oxygen atoms in total. The topological polar surface area (TPSA) is 82.9 Å². The van der Waals surface area contributed by atoms with Crippen molar-refractivity contribution in [1.29, 1.82) is 0 Å². The summed E-state index contributed by atoms with van der Waals surface area (Å²) in [6.07, 6.45) is 5.15. The molecular weight excluding hydrogens is 310 g/mol. The van der Waals surface area contributed by atoms with Gasteiger partial charge in [0.15, 0.2) is 0 Å². The van der Waals surface area contributed by atoms with Crippen molar-refractivity contribution in [2.75, 3.05) is 26.2 Å². The molecule has 0 radical (unpaired) electrons. The number of carbonyl (C=O) groups excluding carboxylic acids is 1. The molecule has 0 spiro atoms. The summed E-state index contributed by atoms with van der Waals surface area (Å²) in [6, 6.07) is 1.71. The van der Waals surface area contributed by atoms with Crippen molar-refractivity contribution in [2.24, 2.45) is 0 Å². The number of aryl methyl sites for hydroxylation is 1. The van der Waals surface area contributed by atoms with Crippen LogP contribution in [0.2, 0.25) is 0 Å². The van der Waals surface area contributed by atoms with E-state index in [9.17, 15) is 19.5 Å². The molecule has 2 aliphatic heterocycles. The molecule has 0 unspecified atom stereocenters. The molecule has 3 rings (SSSR count). The largest absolute Gasteiger partial charge is 0.477 e. The van der Waals surface area contributed by atoms with E-state index in [2.05, 4.69) is 0 Å². The van der Waals surface area contributed by atoms with Crippen molar-refractivity contribution in [3.05, 3.63) is 33.7 Å². The highest BCUT2D eigenvalue weighted by molar-refractivity contribution is 5.88. The highest BCUT2D eigenvalue weighted by Crippen LogP contribution is 2.23. The Hall–Kier alpha value is -2.31. The molecule has 130 valence electrons. The minimum Gasteiger partial charge on any atom is -0.477 e. The van der Waals surface area contributed by atoms with Crippen molar-refractivity contribution < 1.29 is 14.7 Å². The lowest BCUT2D eigenvalue weighted by atomic mass is 10.0. The number of carbonyl (C=O) groups is 2. The Morgan fingerprint density at radius 3 is 2.25 bits per heavy atom. The number of hydrogen-bond acceptors (Lipinski definition) is 3. The molecule has 7 heteroatoms. The number of aromatic carboxylic acids is 1. The van der Waals surface area contributed by atoms with Gasteiger partial charge >= 0.3 is 12.0 Å². The van der Waals surface area contributed by atoms with Crippen LogP contribution in [0.1, 0.15) is 47.6 Å². The lowest BCUT2D eigenvalue weighted by molar-refractivity contribution is 0.0693. The zero-order valence-corrected chi connectivity index (χ0v) is 13.9. The van der Waals surface area contributed by atoms with Crippen LogP contribution in [0, 0.1) is 6.92 Å². The number of piperidine rings is 1. The highest BCUT2D eigenvalue weighted by Gasteiger charge is 2.29. The molecule has 1 N–H and O–H groups in total. The van der Waals surface area contributed by atoms with Gasteiger partial charge in [-0.1, -0.05) is 0 Å². The molecule has 1 aromatic heterocycles. The number of pyridine rings is 1. The maximum absolute atomic E-state index is 12.4. The summed E-state index contributed by atoms with van der Waals surface area (Å²) in [5.41, 5.74) is -0.134. The maximum atomic E-state index is 12.4. The third-order valence-electron chi connectivity index (χ3n) is 5.05. The molecule has 2 fully saturated rings. The van der Waals surface area contributed by atoms with E-state index in [-0.39, 0.29) is 17.6 Å². The number of hydrogen-bond donors (Lipinski definition) is 1. The lowest BCUT2D eigenvalue weighted by Crippen LogP contribution is -2.46. The molecule has 2 amide bonds. The maximum Gasteiger partial charge on any atom is 0.341 e. The Labute approximate surface area is 140 Å². The van der Waals surface area contributed by atoms with Crippen LogP contribution >= 0.6 is 0 Å². The summed E-state index contributed by atoms with van der Waals surface area (Å²) in [4.78, 5) is 39.9. The van der Waals surface area contributed by atoms with Crippen LogP contribution in [0.25, 0.3) is 0 Å². The summed E-state index contributed by atoms with van der Waals surface area (Å²) in [5.74, 6) is -1.19. The standard InChI is InChI=1S/C17H23N3O4/c1-12-4-11-20(15(21)14(12)16(22)23)13-5-9-19(10-6-13)17(24)18-7-2-3-8-18/h4,11,13H,2-3,5-10H2,1H3,(H,22,23). The molecule has 0 aliphatic carbocycles. The average Bonchev–Trinajstić information content (AvgIpc) is 3.09. The van der Waals surface area contributed by atoms with Gasteiger partial charge in [0.2, 0.25) is 0 Å². The number of urea groups is 1. The van der Waals surface area contributed by atoms with E-state index in [1.807, 2.05) is 9.80 Å². The summed E-state index contributed by atoms with van der Waals surface area (Å²) in [6.45, 7) is 4.49. The first-order valence-corrected chi connectivity index (χ1v) is 8.48. The number of likely N-dealkylation sites (tertiary alicyclic amines) is 2. The molecular formula is C17H23N3O4. The van der Waals surface area contributed by atoms with E-state index in [1.54, 1.807) is 19.2 Å². The Bertz CT molecular complexity index is 698. The number of aromatic nitrogens is 1. The van der Waals surface area contributed by atoms with E-state index >= 15 is 0 Å². The molecule has 0 atom stereocenters. The van der Waals surface area contributed by atoms with Gasteiger partial charge in [-0.2, -0.15) is 0 Å². The minimum absolute atomic E-state index is 0.0566. The zero-order valence-electron chi connectivity index (χ0n) is 13.9. The average molecular weight is 333 g/mol. The predicted octanol–water partition coefficient (Wildman–Crippen LogP) is 1.71. The molecule has 0 bridgehead atoms. The Balaban J connectivity index is 1.71. The molecule has 2 aliphatic rings. The van der Waals surface area contributed by atoms with E-state index in [0.717, 1.165) is 25.9 Å². The number of carboxylic acids is 1. The van der Waals surface area contributed by atoms with Crippen LogP contribution in [0.3, 0.4) is 0 Å². The van der Waals surface area contributed by atoms with E-state index in [0.29, 0.717) is 31.5 Å². The number of amides is 2. The van der Waals surface area contributed by atoms with Crippen LogP contribution < -0.4 is 5.56 Å². The summed E-state index contributed by atoms with van der Waals surface area (Å²) in [5, 5.41) is 9.23. The van der Waals surface area contributed by atoms with Gasteiger partial charge in [0.25, 0.3) is 5.56 Å². The second-order valence-electron chi connectivity index (χ2n) is 6.59. The van der Waals surface area contributed by atoms with Gasteiger partial charge in [-0.05, 0) is 44.2 Å². The van der Waals surface area contributed by atoms with E-state index in [1.165, 1.54) is 4.57 Å². The molecule has 0 aromatic carbocycles. The van der Waals surface area contributed by atoms with E-state index in [4.69, 9.17) is 0 Å². The van der Waals surface area contributed by atoms with Crippen LogP contribution in [-0.4, -0.2) is 57.7 Å². The van der Waals surface area contributed by atoms with Crippen LogP contribution in [0.5, 0.6) is 0 Å². The van der Waals surface area contributed by atoms with Crippen LogP contribution in [0.4, 0.5) is 4.79 Å². The number of nitrogens with zero attached hydrogens (tertiary/aromatic N) is 3. The van der Waals surface area contributed by atoms with Gasteiger partial charge in [-0.15, -0.1) is 0 Å². The minimum atomic E-state index is -1.19. The van der Waals surface area contributed by atoms with Gasteiger partial charge in [0.1, 0.15) is 5.56 Å². The van der Waals surface area contributed by atoms with Crippen molar-refractivity contribution in [1.82, 2.24) is 14.4 Å². The summed E-state index contributed by atoms with van der Waals surface area (Å²) < 4.78 is 1.52. The predicted molar refractivity (Wildman–Crippen MR) is 88.4 cm³/mol. The number of rotatable bonds is 2. The first kappa shape index (κ1) is 16.5. The second kappa shape index (κ2) is 6.67. The normalized spacial score (nSPS) is 18.9. The quantitative estimate of drug-likeness (QED) is 0.893. The van der Waals surface area contributed by atoms with Crippen molar-refractivity contribution in [2.45, 2.75) is 38.6 Å². The fourth-order valence-corrected chi connectivity index (χ4v) is 3.63. The SMILES string of the molecule is Cc1ccn(C2CCN(C(=O)N3CCCC3)CC2)c(=O)c1C(=O)O.